The number of rotatable bonds is 7. The minimum absolute atomic E-state index is 0.263. The largest absolute Gasteiger partial charge is 0.463 e. The fourth-order valence-corrected chi connectivity index (χ4v) is 2.86. The zero-order chi connectivity index (χ0) is 18.4. The van der Waals surface area contributed by atoms with Gasteiger partial charge >= 0.3 is 12.0 Å². The number of halogens is 1. The topological polar surface area (TPSA) is 70.7 Å². The maximum atomic E-state index is 13.3. The normalized spacial score (nSPS) is 17.3. The summed E-state index contributed by atoms with van der Waals surface area (Å²) in [7, 11) is 1.84. The van der Waals surface area contributed by atoms with Crippen LogP contribution in [0.25, 0.3) is 0 Å². The molecule has 0 unspecified atom stereocenters. The molecule has 1 atom stereocenters. The van der Waals surface area contributed by atoms with Crippen molar-refractivity contribution in [2.24, 2.45) is 0 Å². The standard InChI is InChI=1S/C18H24FN3O3/c1-4-14-16(17(23)25-5-2)15(21-18(24)20-14)11-22(3)10-12-7-6-8-13(19)9-12/h6-9,14H,4-5,10-11H2,1-3H3,(H2,20,21,24)/t14-/m1/s1. The molecule has 136 valence electrons. The van der Waals surface area contributed by atoms with Gasteiger partial charge in [-0.25, -0.2) is 14.0 Å². The lowest BCUT2D eigenvalue weighted by atomic mass is 10.00. The number of nitrogens with zero attached hydrogens (tertiary/aromatic N) is 1. The first-order valence-electron chi connectivity index (χ1n) is 8.35. The van der Waals surface area contributed by atoms with Gasteiger partial charge in [-0.15, -0.1) is 0 Å². The summed E-state index contributed by atoms with van der Waals surface area (Å²) < 4.78 is 18.5. The smallest absolute Gasteiger partial charge is 0.337 e. The van der Waals surface area contributed by atoms with E-state index in [1.165, 1.54) is 12.1 Å². The maximum Gasteiger partial charge on any atom is 0.337 e. The number of carbonyl (C=O) groups excluding carboxylic acids is 2. The third-order valence-electron chi connectivity index (χ3n) is 3.92. The molecule has 1 aliphatic rings. The Kier molecular flexibility index (Phi) is 6.52. The van der Waals surface area contributed by atoms with Crippen LogP contribution in [0.5, 0.6) is 0 Å². The molecule has 0 saturated heterocycles. The van der Waals surface area contributed by atoms with E-state index in [0.717, 1.165) is 5.56 Å². The number of urea groups is 1. The lowest BCUT2D eigenvalue weighted by molar-refractivity contribution is -0.139. The molecule has 1 heterocycles. The number of amides is 2. The van der Waals surface area contributed by atoms with Crippen LogP contribution in [0, 0.1) is 5.82 Å². The SMILES string of the molecule is CCOC(=O)C1=C(CN(C)Cc2cccc(F)c2)NC(=O)N[C@@H]1CC. The van der Waals surface area contributed by atoms with Gasteiger partial charge in [0.05, 0.1) is 18.2 Å². The number of likely N-dealkylation sites (N-methyl/N-ethyl adjacent to an activating group) is 1. The summed E-state index contributed by atoms with van der Waals surface area (Å²) in [6, 6.07) is 5.62. The van der Waals surface area contributed by atoms with Crippen molar-refractivity contribution < 1.29 is 18.7 Å². The average Bonchev–Trinajstić information content (AvgIpc) is 2.54. The summed E-state index contributed by atoms with van der Waals surface area (Å²) >= 11 is 0. The summed E-state index contributed by atoms with van der Waals surface area (Å²) in [5, 5.41) is 5.45. The molecule has 1 aliphatic heterocycles. The van der Waals surface area contributed by atoms with Crippen LogP contribution in [0.4, 0.5) is 9.18 Å². The Balaban J connectivity index is 2.21. The van der Waals surface area contributed by atoms with Crippen LogP contribution < -0.4 is 10.6 Å². The van der Waals surface area contributed by atoms with E-state index in [0.29, 0.717) is 30.8 Å². The van der Waals surface area contributed by atoms with Crippen molar-refractivity contribution in [3.63, 3.8) is 0 Å². The molecule has 0 saturated carbocycles. The molecule has 0 spiro atoms. The van der Waals surface area contributed by atoms with Crippen molar-refractivity contribution in [1.29, 1.82) is 0 Å². The van der Waals surface area contributed by atoms with Crippen molar-refractivity contribution in [2.75, 3.05) is 20.2 Å². The monoisotopic (exact) mass is 349 g/mol. The predicted octanol–water partition coefficient (Wildman–Crippen LogP) is 2.17. The van der Waals surface area contributed by atoms with E-state index in [1.807, 2.05) is 24.9 Å². The van der Waals surface area contributed by atoms with Gasteiger partial charge in [-0.05, 0) is 38.1 Å². The summed E-state index contributed by atoms with van der Waals surface area (Å²) in [6.45, 7) is 4.72. The Bertz CT molecular complexity index is 675. The molecular formula is C18H24FN3O3. The van der Waals surface area contributed by atoms with Crippen LogP contribution in [0.3, 0.4) is 0 Å². The number of nitrogens with one attached hydrogen (secondary N) is 2. The summed E-state index contributed by atoms with van der Waals surface area (Å²) in [6.07, 6.45) is 0.582. The van der Waals surface area contributed by atoms with Gasteiger partial charge in [-0.1, -0.05) is 19.1 Å². The van der Waals surface area contributed by atoms with Gasteiger partial charge < -0.3 is 15.4 Å². The molecule has 2 N–H and O–H groups in total. The Morgan fingerprint density at radius 2 is 2.08 bits per heavy atom. The molecule has 6 nitrogen and oxygen atoms in total. The van der Waals surface area contributed by atoms with Crippen molar-refractivity contribution in [3.8, 4) is 0 Å². The average molecular weight is 349 g/mol. The van der Waals surface area contributed by atoms with E-state index in [1.54, 1.807) is 13.0 Å². The van der Waals surface area contributed by atoms with Crippen LogP contribution >= 0.6 is 0 Å². The first-order valence-corrected chi connectivity index (χ1v) is 8.35. The van der Waals surface area contributed by atoms with Crippen LogP contribution in [0.1, 0.15) is 25.8 Å². The molecule has 0 bridgehead atoms. The number of hydrogen-bond donors (Lipinski definition) is 2. The van der Waals surface area contributed by atoms with Crippen LogP contribution in [0.2, 0.25) is 0 Å². The fraction of sp³-hybridized carbons (Fsp3) is 0.444. The van der Waals surface area contributed by atoms with E-state index < -0.39 is 5.97 Å². The second kappa shape index (κ2) is 8.62. The Labute approximate surface area is 147 Å². The van der Waals surface area contributed by atoms with Gasteiger partial charge in [-0.2, -0.15) is 0 Å². The number of ether oxygens (including phenoxy) is 1. The van der Waals surface area contributed by atoms with Gasteiger partial charge in [-0.3, -0.25) is 4.90 Å². The first-order chi connectivity index (χ1) is 11.9. The van der Waals surface area contributed by atoms with Crippen LogP contribution in [-0.4, -0.2) is 43.1 Å². The highest BCUT2D eigenvalue weighted by atomic mass is 19.1. The van der Waals surface area contributed by atoms with Gasteiger partial charge in [0, 0.05) is 18.8 Å². The zero-order valence-corrected chi connectivity index (χ0v) is 14.8. The second-order valence-corrected chi connectivity index (χ2v) is 5.97. The zero-order valence-electron chi connectivity index (χ0n) is 14.8. The second-order valence-electron chi connectivity index (χ2n) is 5.97. The molecule has 0 fully saturated rings. The third kappa shape index (κ3) is 5.03. The van der Waals surface area contributed by atoms with Gasteiger partial charge in [0.2, 0.25) is 0 Å². The Morgan fingerprint density at radius 3 is 2.72 bits per heavy atom. The Hall–Kier alpha value is -2.41. The van der Waals surface area contributed by atoms with Crippen molar-refractivity contribution in [1.82, 2.24) is 15.5 Å². The summed E-state index contributed by atoms with van der Waals surface area (Å²) in [5.74, 6) is -0.727. The molecule has 0 radical (unpaired) electrons. The predicted molar refractivity (Wildman–Crippen MR) is 92.1 cm³/mol. The van der Waals surface area contributed by atoms with Crippen molar-refractivity contribution in [3.05, 3.63) is 46.9 Å². The lowest BCUT2D eigenvalue weighted by Crippen LogP contribution is -2.51. The number of benzene rings is 1. The molecule has 2 rings (SSSR count). The highest BCUT2D eigenvalue weighted by molar-refractivity contribution is 5.94. The first kappa shape index (κ1) is 18.9. The van der Waals surface area contributed by atoms with Gasteiger partial charge in [0.15, 0.2) is 0 Å². The minimum Gasteiger partial charge on any atom is -0.463 e. The number of hydrogen-bond acceptors (Lipinski definition) is 4. The molecule has 1 aromatic rings. The number of carbonyl (C=O) groups is 2. The lowest BCUT2D eigenvalue weighted by Gasteiger charge is -2.30. The number of esters is 1. The Morgan fingerprint density at radius 1 is 1.32 bits per heavy atom. The fourth-order valence-electron chi connectivity index (χ4n) is 2.86. The van der Waals surface area contributed by atoms with E-state index in [4.69, 9.17) is 4.74 Å². The van der Waals surface area contributed by atoms with Crippen LogP contribution in [0.15, 0.2) is 35.5 Å². The van der Waals surface area contributed by atoms with Gasteiger partial charge in [0.1, 0.15) is 5.82 Å². The molecule has 2 amide bonds. The minimum atomic E-state index is -0.434. The molecular weight excluding hydrogens is 325 g/mol. The maximum absolute atomic E-state index is 13.3. The summed E-state index contributed by atoms with van der Waals surface area (Å²) in [4.78, 5) is 26.1. The van der Waals surface area contributed by atoms with E-state index in [-0.39, 0.29) is 24.5 Å². The molecule has 7 heteroatoms. The summed E-state index contributed by atoms with van der Waals surface area (Å²) in [5.41, 5.74) is 1.77. The van der Waals surface area contributed by atoms with Crippen molar-refractivity contribution >= 4 is 12.0 Å². The van der Waals surface area contributed by atoms with E-state index in [9.17, 15) is 14.0 Å². The molecule has 0 aromatic heterocycles. The highest BCUT2D eigenvalue weighted by Gasteiger charge is 2.31. The van der Waals surface area contributed by atoms with Crippen molar-refractivity contribution in [2.45, 2.75) is 32.9 Å². The molecule has 25 heavy (non-hydrogen) atoms. The molecule has 0 aliphatic carbocycles. The quantitative estimate of drug-likeness (QED) is 0.740. The third-order valence-corrected chi connectivity index (χ3v) is 3.92. The van der Waals surface area contributed by atoms with Crippen LogP contribution in [-0.2, 0) is 16.1 Å². The van der Waals surface area contributed by atoms with E-state index in [2.05, 4.69) is 10.6 Å². The highest BCUT2D eigenvalue weighted by Crippen LogP contribution is 2.18. The van der Waals surface area contributed by atoms with Gasteiger partial charge in [0.25, 0.3) is 0 Å². The van der Waals surface area contributed by atoms with E-state index >= 15 is 0 Å². The molecule has 1 aromatic carbocycles.